The number of hydrogen-bond acceptors (Lipinski definition) is 5. The van der Waals surface area contributed by atoms with Crippen LogP contribution in [0.2, 0.25) is 5.15 Å². The van der Waals surface area contributed by atoms with Gasteiger partial charge in [0.2, 0.25) is 0 Å². The molecule has 3 rings (SSSR count). The maximum atomic E-state index is 12.5. The van der Waals surface area contributed by atoms with Crippen LogP contribution in [0.5, 0.6) is 0 Å². The lowest BCUT2D eigenvalue weighted by Gasteiger charge is -2.34. The highest BCUT2D eigenvalue weighted by molar-refractivity contribution is 6.29. The smallest absolute Gasteiger partial charge is 0.410 e. The number of nitrogens with one attached hydrogen (secondary N) is 1. The summed E-state index contributed by atoms with van der Waals surface area (Å²) in [7, 11) is 0. The molecule has 1 fully saturated rings. The molecule has 2 aromatic rings. The van der Waals surface area contributed by atoms with Crippen LogP contribution in [0.3, 0.4) is 0 Å². The summed E-state index contributed by atoms with van der Waals surface area (Å²) in [5.41, 5.74) is -0.0871. The van der Waals surface area contributed by atoms with Gasteiger partial charge in [0.1, 0.15) is 16.6 Å². The summed E-state index contributed by atoms with van der Waals surface area (Å²) < 4.78 is 7.23. The van der Waals surface area contributed by atoms with Crippen molar-refractivity contribution < 1.29 is 14.3 Å². The molecule has 1 aliphatic heterocycles. The van der Waals surface area contributed by atoms with Crippen LogP contribution in [0.4, 0.5) is 10.6 Å². The number of amides is 2. The molecule has 0 saturated carbocycles. The Labute approximate surface area is 168 Å². The topological polar surface area (TPSA) is 89.4 Å². The van der Waals surface area contributed by atoms with Crippen molar-refractivity contribution in [2.45, 2.75) is 45.3 Å². The van der Waals surface area contributed by atoms with Crippen LogP contribution >= 0.6 is 11.6 Å². The van der Waals surface area contributed by atoms with E-state index in [4.69, 9.17) is 16.3 Å². The summed E-state index contributed by atoms with van der Waals surface area (Å²) in [4.78, 5) is 30.3. The van der Waals surface area contributed by atoms with Gasteiger partial charge in [-0.25, -0.2) is 14.5 Å². The minimum atomic E-state index is -0.511. The van der Waals surface area contributed by atoms with E-state index in [0.29, 0.717) is 24.5 Å². The lowest BCUT2D eigenvalue weighted by molar-refractivity contribution is 0.0185. The van der Waals surface area contributed by atoms with Gasteiger partial charge < -0.3 is 15.0 Å². The van der Waals surface area contributed by atoms with Crippen LogP contribution in [0.1, 0.15) is 50.0 Å². The predicted molar refractivity (Wildman–Crippen MR) is 106 cm³/mol. The summed E-state index contributed by atoms with van der Waals surface area (Å²) in [6.45, 7) is 6.71. The number of carbonyl (C=O) groups excluding carboxylic acids is 2. The quantitative estimate of drug-likeness (QED) is 0.785. The first-order valence-corrected chi connectivity index (χ1v) is 9.55. The first-order chi connectivity index (χ1) is 13.2. The molecular formula is C19H24ClN5O3. The van der Waals surface area contributed by atoms with Crippen LogP contribution in [-0.4, -0.2) is 50.4 Å². The molecule has 1 aliphatic rings. The Bertz CT molecular complexity index is 853. The number of piperidine rings is 1. The molecule has 0 bridgehead atoms. The number of rotatable bonds is 3. The van der Waals surface area contributed by atoms with Crippen molar-refractivity contribution in [2.24, 2.45) is 0 Å². The number of aromatic nitrogens is 3. The second kappa shape index (κ2) is 8.18. The van der Waals surface area contributed by atoms with Gasteiger partial charge in [0.15, 0.2) is 0 Å². The second-order valence-electron chi connectivity index (χ2n) is 7.68. The van der Waals surface area contributed by atoms with Crippen molar-refractivity contribution in [1.82, 2.24) is 19.7 Å². The number of ether oxygens (including phenoxy) is 1. The maximum Gasteiger partial charge on any atom is 0.410 e. The molecular weight excluding hydrogens is 382 g/mol. The average molecular weight is 406 g/mol. The molecule has 0 unspecified atom stereocenters. The molecule has 3 heterocycles. The summed E-state index contributed by atoms with van der Waals surface area (Å²) in [5.74, 6) is 0.325. The number of nitrogens with zero attached hydrogens (tertiary/aromatic N) is 4. The molecule has 1 N–H and O–H groups in total. The number of carbonyl (C=O) groups is 2. The van der Waals surface area contributed by atoms with Gasteiger partial charge in [-0.1, -0.05) is 11.6 Å². The molecule has 1 saturated heterocycles. The third-order valence-electron chi connectivity index (χ3n) is 4.36. The summed E-state index contributed by atoms with van der Waals surface area (Å²) >= 11 is 5.85. The van der Waals surface area contributed by atoms with Crippen molar-refractivity contribution in [3.05, 3.63) is 41.3 Å². The van der Waals surface area contributed by atoms with E-state index in [1.165, 1.54) is 12.3 Å². The number of anilines is 1. The van der Waals surface area contributed by atoms with Gasteiger partial charge in [-0.05, 0) is 45.7 Å². The number of likely N-dealkylation sites (tertiary alicyclic amines) is 1. The Hall–Kier alpha value is -2.61. The lowest BCUT2D eigenvalue weighted by Crippen LogP contribution is -2.42. The van der Waals surface area contributed by atoms with Crippen LogP contribution in [0, 0.1) is 0 Å². The van der Waals surface area contributed by atoms with E-state index < -0.39 is 5.60 Å². The van der Waals surface area contributed by atoms with E-state index in [1.54, 1.807) is 27.9 Å². The van der Waals surface area contributed by atoms with Gasteiger partial charge in [0.25, 0.3) is 5.91 Å². The van der Waals surface area contributed by atoms with Gasteiger partial charge in [-0.2, -0.15) is 5.10 Å². The standard InChI is InChI=1S/C19H24ClN5O3/c1-19(2,3)28-18(27)24-10-6-14(7-11-24)25-16(5-9-22-25)23-17(26)13-4-8-21-15(20)12-13/h4-5,8-9,12,14H,6-7,10-11H2,1-3H3,(H,23,26). The monoisotopic (exact) mass is 405 g/mol. The van der Waals surface area contributed by atoms with E-state index in [0.717, 1.165) is 12.8 Å². The van der Waals surface area contributed by atoms with Gasteiger partial charge in [-0.15, -0.1) is 0 Å². The number of hydrogen-bond donors (Lipinski definition) is 1. The van der Waals surface area contributed by atoms with Gasteiger partial charge in [0.05, 0.1) is 12.2 Å². The number of pyridine rings is 1. The van der Waals surface area contributed by atoms with Crippen LogP contribution < -0.4 is 5.32 Å². The molecule has 0 aromatic carbocycles. The predicted octanol–water partition coefficient (Wildman–Crippen LogP) is 3.76. The Morgan fingerprint density at radius 3 is 2.57 bits per heavy atom. The molecule has 9 heteroatoms. The van der Waals surface area contributed by atoms with Crippen molar-refractivity contribution in [3.63, 3.8) is 0 Å². The van der Waals surface area contributed by atoms with Crippen molar-refractivity contribution in [2.75, 3.05) is 18.4 Å². The largest absolute Gasteiger partial charge is 0.444 e. The Morgan fingerprint density at radius 2 is 1.93 bits per heavy atom. The van der Waals surface area contributed by atoms with Crippen LogP contribution in [0.25, 0.3) is 0 Å². The Kier molecular flexibility index (Phi) is 5.88. The van der Waals surface area contributed by atoms with E-state index in [2.05, 4.69) is 15.4 Å². The molecule has 8 nitrogen and oxygen atoms in total. The zero-order chi connectivity index (χ0) is 20.3. The molecule has 2 amide bonds. The molecule has 0 atom stereocenters. The first-order valence-electron chi connectivity index (χ1n) is 9.17. The fourth-order valence-corrected chi connectivity index (χ4v) is 3.23. The van der Waals surface area contributed by atoms with Gasteiger partial charge in [-0.3, -0.25) is 4.79 Å². The fraction of sp³-hybridized carbons (Fsp3) is 0.474. The highest BCUT2D eigenvalue weighted by Gasteiger charge is 2.28. The van der Waals surface area contributed by atoms with E-state index in [-0.39, 0.29) is 23.2 Å². The van der Waals surface area contributed by atoms with Gasteiger partial charge >= 0.3 is 6.09 Å². The SMILES string of the molecule is CC(C)(C)OC(=O)N1CCC(n2nccc2NC(=O)c2ccnc(Cl)c2)CC1. The van der Waals surface area contributed by atoms with Crippen molar-refractivity contribution in [3.8, 4) is 0 Å². The fourth-order valence-electron chi connectivity index (χ4n) is 3.06. The lowest BCUT2D eigenvalue weighted by atomic mass is 10.1. The Balaban J connectivity index is 1.62. The molecule has 2 aromatic heterocycles. The summed E-state index contributed by atoms with van der Waals surface area (Å²) in [5, 5.41) is 7.49. The van der Waals surface area contributed by atoms with Crippen molar-refractivity contribution in [1.29, 1.82) is 0 Å². The average Bonchev–Trinajstić information content (AvgIpc) is 3.08. The number of halogens is 1. The van der Waals surface area contributed by atoms with E-state index in [9.17, 15) is 9.59 Å². The third kappa shape index (κ3) is 5.01. The minimum absolute atomic E-state index is 0.0880. The van der Waals surface area contributed by atoms with Crippen LogP contribution in [-0.2, 0) is 4.74 Å². The zero-order valence-corrected chi connectivity index (χ0v) is 16.9. The minimum Gasteiger partial charge on any atom is -0.444 e. The highest BCUT2D eigenvalue weighted by Crippen LogP contribution is 2.26. The zero-order valence-electron chi connectivity index (χ0n) is 16.2. The van der Waals surface area contributed by atoms with E-state index >= 15 is 0 Å². The van der Waals surface area contributed by atoms with Crippen LogP contribution in [0.15, 0.2) is 30.6 Å². The third-order valence-corrected chi connectivity index (χ3v) is 4.57. The second-order valence-corrected chi connectivity index (χ2v) is 8.07. The highest BCUT2D eigenvalue weighted by atomic mass is 35.5. The molecule has 0 aliphatic carbocycles. The van der Waals surface area contributed by atoms with E-state index in [1.807, 2.05) is 20.8 Å². The van der Waals surface area contributed by atoms with Gasteiger partial charge in [0, 0.05) is 30.9 Å². The Morgan fingerprint density at radius 1 is 1.21 bits per heavy atom. The molecule has 150 valence electrons. The molecule has 0 radical (unpaired) electrons. The molecule has 0 spiro atoms. The first kappa shape index (κ1) is 20.1. The maximum absolute atomic E-state index is 12.5. The normalized spacial score (nSPS) is 15.4. The molecule has 28 heavy (non-hydrogen) atoms. The van der Waals surface area contributed by atoms with Crippen molar-refractivity contribution >= 4 is 29.4 Å². The summed E-state index contributed by atoms with van der Waals surface area (Å²) in [6, 6.07) is 4.95. The summed E-state index contributed by atoms with van der Waals surface area (Å²) in [6.07, 6.45) is 4.29.